The highest BCUT2D eigenvalue weighted by atomic mass is 16.5. The molecule has 0 aromatic rings. The molecule has 0 spiro atoms. The molecule has 0 aromatic heterocycles. The molecule has 0 radical (unpaired) electrons. The molecule has 25 heavy (non-hydrogen) atoms. The third kappa shape index (κ3) is 6.76. The van der Waals surface area contributed by atoms with Gasteiger partial charge in [0.05, 0.1) is 25.2 Å². The molecular formula is C18H31N3O4. The molecule has 142 valence electrons. The van der Waals surface area contributed by atoms with Gasteiger partial charge < -0.3 is 25.4 Å². The second-order valence-corrected chi connectivity index (χ2v) is 6.68. The Kier molecular flexibility index (Phi) is 8.37. The standard InChI is InChI=1S/C18H31N3O4/c1-2-17(23)20-15-7-6-14(25-16(15)13-22)12-18(24)19-8-11-21-9-4-3-5-10-21/h6-7,14-16,22H,2-5,8-13H2,1H3,(H,19,24)(H,20,23)/t14-,15-,16+/m0/s1. The Bertz CT molecular complexity index is 463. The highest BCUT2D eigenvalue weighted by molar-refractivity contribution is 5.77. The molecule has 7 heteroatoms. The van der Waals surface area contributed by atoms with Gasteiger partial charge in [0.15, 0.2) is 0 Å². The van der Waals surface area contributed by atoms with E-state index in [0.29, 0.717) is 13.0 Å². The van der Waals surface area contributed by atoms with Crippen LogP contribution in [0.25, 0.3) is 0 Å². The lowest BCUT2D eigenvalue weighted by molar-refractivity contribution is -0.128. The smallest absolute Gasteiger partial charge is 0.222 e. The third-order valence-corrected chi connectivity index (χ3v) is 4.70. The summed E-state index contributed by atoms with van der Waals surface area (Å²) in [5, 5.41) is 15.2. The van der Waals surface area contributed by atoms with Crippen molar-refractivity contribution in [2.24, 2.45) is 0 Å². The summed E-state index contributed by atoms with van der Waals surface area (Å²) in [7, 11) is 0. The number of likely N-dealkylation sites (tertiary alicyclic amines) is 1. The highest BCUT2D eigenvalue weighted by Crippen LogP contribution is 2.16. The summed E-state index contributed by atoms with van der Waals surface area (Å²) < 4.78 is 5.74. The quantitative estimate of drug-likeness (QED) is 0.542. The fraction of sp³-hybridized carbons (Fsp3) is 0.778. The van der Waals surface area contributed by atoms with E-state index >= 15 is 0 Å². The van der Waals surface area contributed by atoms with Crippen LogP contribution in [0.3, 0.4) is 0 Å². The number of nitrogens with zero attached hydrogens (tertiary/aromatic N) is 1. The number of carbonyl (C=O) groups is 2. The van der Waals surface area contributed by atoms with Crippen molar-refractivity contribution in [1.82, 2.24) is 15.5 Å². The maximum atomic E-state index is 12.1. The van der Waals surface area contributed by atoms with Gasteiger partial charge in [-0.15, -0.1) is 0 Å². The molecule has 3 N–H and O–H groups in total. The number of nitrogens with one attached hydrogen (secondary N) is 2. The van der Waals surface area contributed by atoms with Crippen molar-refractivity contribution in [3.05, 3.63) is 12.2 Å². The highest BCUT2D eigenvalue weighted by Gasteiger charge is 2.28. The van der Waals surface area contributed by atoms with Crippen molar-refractivity contribution in [2.75, 3.05) is 32.8 Å². The molecule has 1 fully saturated rings. The molecular weight excluding hydrogens is 322 g/mol. The van der Waals surface area contributed by atoms with E-state index < -0.39 is 6.10 Å². The van der Waals surface area contributed by atoms with E-state index in [-0.39, 0.29) is 37.0 Å². The van der Waals surface area contributed by atoms with Crippen LogP contribution in [0, 0.1) is 0 Å². The first-order chi connectivity index (χ1) is 12.1. The monoisotopic (exact) mass is 353 g/mol. The summed E-state index contributed by atoms with van der Waals surface area (Å²) in [4.78, 5) is 26.0. The second-order valence-electron chi connectivity index (χ2n) is 6.68. The first-order valence-electron chi connectivity index (χ1n) is 9.35. The van der Waals surface area contributed by atoms with Crippen LogP contribution in [0.4, 0.5) is 0 Å². The van der Waals surface area contributed by atoms with Crippen molar-refractivity contribution < 1.29 is 19.4 Å². The molecule has 2 rings (SSSR count). The van der Waals surface area contributed by atoms with Gasteiger partial charge in [-0.2, -0.15) is 0 Å². The van der Waals surface area contributed by atoms with Crippen molar-refractivity contribution in [3.63, 3.8) is 0 Å². The van der Waals surface area contributed by atoms with E-state index in [1.165, 1.54) is 19.3 Å². The Balaban J connectivity index is 1.71. The van der Waals surface area contributed by atoms with E-state index in [1.54, 1.807) is 13.0 Å². The molecule has 7 nitrogen and oxygen atoms in total. The summed E-state index contributed by atoms with van der Waals surface area (Å²) in [6.45, 7) is 5.34. The number of hydrogen-bond donors (Lipinski definition) is 3. The summed E-state index contributed by atoms with van der Waals surface area (Å²) >= 11 is 0. The number of aliphatic hydroxyl groups is 1. The van der Waals surface area contributed by atoms with Crippen molar-refractivity contribution in [3.8, 4) is 0 Å². The van der Waals surface area contributed by atoms with Crippen LogP contribution in [0.5, 0.6) is 0 Å². The Hall–Kier alpha value is -1.44. The number of piperidine rings is 1. The zero-order valence-electron chi connectivity index (χ0n) is 15.1. The Labute approximate surface area is 149 Å². The van der Waals surface area contributed by atoms with Gasteiger partial charge >= 0.3 is 0 Å². The minimum atomic E-state index is -0.522. The topological polar surface area (TPSA) is 90.9 Å². The van der Waals surface area contributed by atoms with Gasteiger partial charge in [0.25, 0.3) is 0 Å². The van der Waals surface area contributed by atoms with Crippen LogP contribution in [0.15, 0.2) is 12.2 Å². The average Bonchev–Trinajstić information content (AvgIpc) is 2.63. The fourth-order valence-corrected chi connectivity index (χ4v) is 3.22. The number of carbonyl (C=O) groups excluding carboxylic acids is 2. The van der Waals surface area contributed by atoms with Crippen LogP contribution in [-0.4, -0.2) is 72.9 Å². The number of ether oxygens (including phenoxy) is 1. The molecule has 0 bridgehead atoms. The maximum Gasteiger partial charge on any atom is 0.222 e. The van der Waals surface area contributed by atoms with Crippen LogP contribution < -0.4 is 10.6 Å². The van der Waals surface area contributed by atoms with Crippen LogP contribution in [0.1, 0.15) is 39.0 Å². The second kappa shape index (κ2) is 10.5. The summed E-state index contributed by atoms with van der Waals surface area (Å²) in [6.07, 6.45) is 7.10. The molecule has 1 saturated heterocycles. The zero-order valence-corrected chi connectivity index (χ0v) is 15.1. The van der Waals surface area contributed by atoms with Crippen molar-refractivity contribution >= 4 is 11.8 Å². The van der Waals surface area contributed by atoms with Gasteiger partial charge in [-0.25, -0.2) is 0 Å². The molecule has 2 aliphatic rings. The first kappa shape index (κ1) is 19.9. The molecule has 0 aliphatic carbocycles. The average molecular weight is 353 g/mol. The van der Waals surface area contributed by atoms with E-state index in [9.17, 15) is 14.7 Å². The lowest BCUT2D eigenvalue weighted by Gasteiger charge is -2.31. The molecule has 0 saturated carbocycles. The summed E-state index contributed by atoms with van der Waals surface area (Å²) in [6, 6.07) is -0.351. The number of rotatable bonds is 8. The third-order valence-electron chi connectivity index (χ3n) is 4.70. The van der Waals surface area contributed by atoms with Gasteiger partial charge in [-0.05, 0) is 25.9 Å². The Morgan fingerprint density at radius 3 is 2.64 bits per heavy atom. The van der Waals surface area contributed by atoms with Crippen LogP contribution in [-0.2, 0) is 14.3 Å². The molecule has 2 amide bonds. The molecule has 0 unspecified atom stereocenters. The lowest BCUT2D eigenvalue weighted by atomic mass is 10.0. The van der Waals surface area contributed by atoms with E-state index in [1.807, 2.05) is 6.08 Å². The fourth-order valence-electron chi connectivity index (χ4n) is 3.22. The molecule has 3 atom stereocenters. The van der Waals surface area contributed by atoms with E-state index in [4.69, 9.17) is 4.74 Å². The van der Waals surface area contributed by atoms with Gasteiger partial charge in [0.1, 0.15) is 6.10 Å². The van der Waals surface area contributed by atoms with Crippen molar-refractivity contribution in [1.29, 1.82) is 0 Å². The maximum absolute atomic E-state index is 12.1. The molecule has 2 aliphatic heterocycles. The Morgan fingerprint density at radius 1 is 1.20 bits per heavy atom. The number of hydrogen-bond acceptors (Lipinski definition) is 5. The van der Waals surface area contributed by atoms with Crippen LogP contribution in [0.2, 0.25) is 0 Å². The van der Waals surface area contributed by atoms with Gasteiger partial charge in [0, 0.05) is 19.5 Å². The number of aliphatic hydroxyl groups excluding tert-OH is 1. The zero-order chi connectivity index (χ0) is 18.1. The molecule has 0 aromatic carbocycles. The van der Waals surface area contributed by atoms with E-state index in [2.05, 4.69) is 15.5 Å². The van der Waals surface area contributed by atoms with Gasteiger partial charge in [-0.1, -0.05) is 25.5 Å². The summed E-state index contributed by atoms with van der Waals surface area (Å²) in [5.41, 5.74) is 0. The number of amides is 2. The minimum absolute atomic E-state index is 0.0561. The predicted molar refractivity (Wildman–Crippen MR) is 95.0 cm³/mol. The Morgan fingerprint density at radius 2 is 1.96 bits per heavy atom. The SMILES string of the molecule is CCC(=O)N[C@H]1C=C[C@@H](CC(=O)NCCN2CCCCC2)O[C@@H]1CO. The first-order valence-corrected chi connectivity index (χ1v) is 9.35. The van der Waals surface area contributed by atoms with Gasteiger partial charge in [0.2, 0.25) is 11.8 Å². The van der Waals surface area contributed by atoms with Gasteiger partial charge in [-0.3, -0.25) is 9.59 Å². The minimum Gasteiger partial charge on any atom is -0.394 e. The van der Waals surface area contributed by atoms with E-state index in [0.717, 1.165) is 19.6 Å². The lowest BCUT2D eigenvalue weighted by Crippen LogP contribution is -2.49. The largest absolute Gasteiger partial charge is 0.394 e. The van der Waals surface area contributed by atoms with Crippen LogP contribution >= 0.6 is 0 Å². The normalized spacial score (nSPS) is 27.0. The van der Waals surface area contributed by atoms with Crippen molar-refractivity contribution in [2.45, 2.75) is 57.3 Å². The molecule has 2 heterocycles. The predicted octanol–water partition coefficient (Wildman–Crippen LogP) is 0.189. The summed E-state index contributed by atoms with van der Waals surface area (Å²) in [5.74, 6) is -0.148.